The number of hydrogen-bond acceptors (Lipinski definition) is 3. The van der Waals surface area contributed by atoms with E-state index >= 15 is 0 Å². The Hall–Kier alpha value is -0.900. The molecule has 3 heteroatoms. The van der Waals surface area contributed by atoms with Crippen LogP contribution in [-0.4, -0.2) is 31.0 Å². The summed E-state index contributed by atoms with van der Waals surface area (Å²) < 4.78 is 11.2. The van der Waals surface area contributed by atoms with Crippen molar-refractivity contribution in [3.8, 4) is 0 Å². The van der Waals surface area contributed by atoms with E-state index in [1.165, 1.54) is 5.56 Å². The van der Waals surface area contributed by atoms with Gasteiger partial charge in [-0.15, -0.1) is 0 Å². The molecule has 14 heavy (non-hydrogen) atoms. The molecule has 0 N–H and O–H groups in total. The topological polar surface area (TPSA) is 21.7 Å². The van der Waals surface area contributed by atoms with Gasteiger partial charge in [-0.25, -0.2) is 4.90 Å². The highest BCUT2D eigenvalue weighted by Gasteiger charge is 2.39. The van der Waals surface area contributed by atoms with Gasteiger partial charge in [0, 0.05) is 0 Å². The molecular formula is C11H13NO2. The second-order valence-electron chi connectivity index (χ2n) is 3.78. The Morgan fingerprint density at radius 2 is 2.00 bits per heavy atom. The lowest BCUT2D eigenvalue weighted by Gasteiger charge is -2.15. The maximum atomic E-state index is 5.75. The van der Waals surface area contributed by atoms with Crippen LogP contribution in [0.3, 0.4) is 0 Å². The third kappa shape index (κ3) is 1.25. The van der Waals surface area contributed by atoms with Crippen molar-refractivity contribution in [2.24, 2.45) is 0 Å². The Labute approximate surface area is 83.2 Å². The fourth-order valence-electron chi connectivity index (χ4n) is 2.15. The second kappa shape index (κ2) is 3.35. The van der Waals surface area contributed by atoms with E-state index in [4.69, 9.17) is 9.47 Å². The van der Waals surface area contributed by atoms with Gasteiger partial charge in [0.2, 0.25) is 0 Å². The van der Waals surface area contributed by atoms with Crippen LogP contribution in [0.25, 0.3) is 0 Å². The molecule has 0 saturated carbocycles. The van der Waals surface area contributed by atoms with Crippen LogP contribution in [-0.2, 0) is 9.47 Å². The molecule has 0 radical (unpaired) electrons. The molecule has 1 aromatic carbocycles. The molecule has 74 valence electrons. The van der Waals surface area contributed by atoms with Gasteiger partial charge in [0.25, 0.3) is 0 Å². The lowest BCUT2D eigenvalue weighted by molar-refractivity contribution is 0.0370. The van der Waals surface area contributed by atoms with E-state index in [0.717, 1.165) is 6.61 Å². The van der Waals surface area contributed by atoms with Crippen LogP contribution in [0.2, 0.25) is 0 Å². The summed E-state index contributed by atoms with van der Waals surface area (Å²) in [4.78, 5) is 2.23. The molecule has 2 aliphatic rings. The Balaban J connectivity index is 1.86. The lowest BCUT2D eigenvalue weighted by Crippen LogP contribution is -2.27. The maximum Gasteiger partial charge on any atom is 0.102 e. The summed E-state index contributed by atoms with van der Waals surface area (Å²) in [5.41, 5.74) is 1.26. The highest BCUT2D eigenvalue weighted by Crippen LogP contribution is 2.33. The Bertz CT molecular complexity index is 314. The van der Waals surface area contributed by atoms with E-state index in [1.807, 2.05) is 6.07 Å². The van der Waals surface area contributed by atoms with Crippen molar-refractivity contribution in [3.63, 3.8) is 0 Å². The van der Waals surface area contributed by atoms with Gasteiger partial charge >= 0.3 is 0 Å². The zero-order chi connectivity index (χ0) is 9.38. The van der Waals surface area contributed by atoms with Crippen molar-refractivity contribution >= 4 is 0 Å². The van der Waals surface area contributed by atoms with Crippen LogP contribution in [0.4, 0.5) is 0 Å². The third-order valence-corrected chi connectivity index (χ3v) is 2.91. The molecule has 0 bridgehead atoms. The van der Waals surface area contributed by atoms with E-state index in [9.17, 15) is 0 Å². The van der Waals surface area contributed by atoms with Gasteiger partial charge < -0.3 is 9.47 Å². The van der Waals surface area contributed by atoms with E-state index in [1.54, 1.807) is 0 Å². The zero-order valence-corrected chi connectivity index (χ0v) is 7.93. The van der Waals surface area contributed by atoms with E-state index in [2.05, 4.69) is 29.2 Å². The first kappa shape index (κ1) is 8.41. The van der Waals surface area contributed by atoms with Gasteiger partial charge in [-0.2, -0.15) is 0 Å². The Kier molecular flexibility index (Phi) is 2.01. The normalized spacial score (nSPS) is 32.0. The van der Waals surface area contributed by atoms with Crippen molar-refractivity contribution in [3.05, 3.63) is 35.9 Å². The summed E-state index contributed by atoms with van der Waals surface area (Å²) >= 11 is 0. The first-order valence-corrected chi connectivity index (χ1v) is 4.93. The molecule has 0 amide bonds. The molecule has 3 nitrogen and oxygen atoms in total. The van der Waals surface area contributed by atoms with Crippen molar-refractivity contribution < 1.29 is 9.47 Å². The summed E-state index contributed by atoms with van der Waals surface area (Å²) in [6.45, 7) is 2.21. The van der Waals surface area contributed by atoms with Crippen molar-refractivity contribution in [1.82, 2.24) is 4.90 Å². The van der Waals surface area contributed by atoms with Crippen molar-refractivity contribution in [2.75, 3.05) is 20.1 Å². The summed E-state index contributed by atoms with van der Waals surface area (Å²) in [5.74, 6) is 0. The second-order valence-corrected chi connectivity index (χ2v) is 3.78. The van der Waals surface area contributed by atoms with Gasteiger partial charge in [0.1, 0.15) is 19.6 Å². The van der Waals surface area contributed by atoms with Gasteiger partial charge in [0.05, 0.1) is 12.6 Å². The molecule has 0 aliphatic carbocycles. The van der Waals surface area contributed by atoms with E-state index < -0.39 is 0 Å². The van der Waals surface area contributed by atoms with Crippen LogP contribution in [0.1, 0.15) is 11.7 Å². The SMILES string of the molecule is c1ccc(C2OCN3COCC23)cc1. The molecule has 1 aromatic rings. The fraction of sp³-hybridized carbons (Fsp3) is 0.455. The molecule has 2 fully saturated rings. The minimum atomic E-state index is 0.193. The third-order valence-electron chi connectivity index (χ3n) is 2.91. The van der Waals surface area contributed by atoms with E-state index in [0.29, 0.717) is 19.5 Å². The monoisotopic (exact) mass is 191 g/mol. The van der Waals surface area contributed by atoms with Gasteiger partial charge in [-0.05, 0) is 5.56 Å². The lowest BCUT2D eigenvalue weighted by atomic mass is 10.0. The van der Waals surface area contributed by atoms with Crippen molar-refractivity contribution in [2.45, 2.75) is 12.1 Å². The molecular weight excluding hydrogens is 178 g/mol. The standard InChI is InChI=1S/C11H13NO2/c1-2-4-9(5-3-1)11-10-6-13-7-12(10)8-14-11/h1-5,10-11H,6-8H2. The fourth-order valence-corrected chi connectivity index (χ4v) is 2.15. The minimum Gasteiger partial charge on any atom is -0.364 e. The van der Waals surface area contributed by atoms with Gasteiger partial charge in [-0.3, -0.25) is 0 Å². The molecule has 2 saturated heterocycles. The summed E-state index contributed by atoms with van der Waals surface area (Å²) in [5, 5.41) is 0. The first-order chi connectivity index (χ1) is 6.95. The number of rotatable bonds is 1. The highest BCUT2D eigenvalue weighted by atomic mass is 16.6. The Morgan fingerprint density at radius 1 is 1.14 bits per heavy atom. The number of benzene rings is 1. The summed E-state index contributed by atoms with van der Waals surface area (Å²) in [7, 11) is 0. The number of nitrogens with zero attached hydrogens (tertiary/aromatic N) is 1. The molecule has 2 aliphatic heterocycles. The highest BCUT2D eigenvalue weighted by molar-refractivity contribution is 5.20. The smallest absolute Gasteiger partial charge is 0.102 e. The predicted octanol–water partition coefficient (Wildman–Crippen LogP) is 1.37. The van der Waals surface area contributed by atoms with Crippen LogP contribution in [0, 0.1) is 0 Å². The maximum absolute atomic E-state index is 5.75. The largest absolute Gasteiger partial charge is 0.364 e. The molecule has 0 aromatic heterocycles. The Morgan fingerprint density at radius 3 is 2.86 bits per heavy atom. The van der Waals surface area contributed by atoms with Crippen LogP contribution < -0.4 is 0 Å². The quantitative estimate of drug-likeness (QED) is 0.669. The average molecular weight is 191 g/mol. The number of fused-ring (bicyclic) bond motifs is 1. The summed E-state index contributed by atoms with van der Waals surface area (Å²) in [6, 6.07) is 10.8. The molecule has 3 rings (SSSR count). The number of ether oxygens (including phenoxy) is 2. The average Bonchev–Trinajstić information content (AvgIpc) is 2.79. The van der Waals surface area contributed by atoms with Crippen LogP contribution >= 0.6 is 0 Å². The summed E-state index contributed by atoms with van der Waals surface area (Å²) in [6.07, 6.45) is 0.193. The molecule has 2 atom stereocenters. The minimum absolute atomic E-state index is 0.193. The van der Waals surface area contributed by atoms with Crippen LogP contribution in [0.5, 0.6) is 0 Å². The van der Waals surface area contributed by atoms with Crippen LogP contribution in [0.15, 0.2) is 30.3 Å². The van der Waals surface area contributed by atoms with E-state index in [-0.39, 0.29) is 6.10 Å². The molecule has 2 heterocycles. The molecule has 2 unspecified atom stereocenters. The van der Waals surface area contributed by atoms with Gasteiger partial charge in [-0.1, -0.05) is 30.3 Å². The number of hydrogen-bond donors (Lipinski definition) is 0. The van der Waals surface area contributed by atoms with Crippen molar-refractivity contribution in [1.29, 1.82) is 0 Å². The predicted molar refractivity (Wildman–Crippen MR) is 51.6 cm³/mol. The van der Waals surface area contributed by atoms with Gasteiger partial charge in [0.15, 0.2) is 0 Å². The first-order valence-electron chi connectivity index (χ1n) is 4.93. The zero-order valence-electron chi connectivity index (χ0n) is 7.93. The molecule has 0 spiro atoms.